The maximum atomic E-state index is 13.2. The Morgan fingerprint density at radius 2 is 1.34 bits per heavy atom. The average molecular weight is 560 g/mol. The van der Waals surface area contributed by atoms with Gasteiger partial charge in [-0.25, -0.2) is 4.98 Å². The number of ether oxygens (including phenoxy) is 6. The molecule has 1 heterocycles. The van der Waals surface area contributed by atoms with E-state index < -0.39 is 0 Å². The van der Waals surface area contributed by atoms with Gasteiger partial charge in [-0.15, -0.1) is 0 Å². The number of rotatable bonds is 13. The SMILES string of the molecule is COc1cc(CC(=O)Cc2cnc(Nc3cc(OC)cc(OC)c3)nc2Oc2ccc(C)cc2OC)cc(OC)c1. The van der Waals surface area contributed by atoms with Crippen molar-refractivity contribution in [3.05, 3.63) is 77.5 Å². The molecule has 4 rings (SSSR count). The van der Waals surface area contributed by atoms with Crippen LogP contribution in [-0.2, 0) is 17.6 Å². The summed E-state index contributed by atoms with van der Waals surface area (Å²) in [5.41, 5.74) is 2.94. The molecule has 0 saturated carbocycles. The van der Waals surface area contributed by atoms with E-state index >= 15 is 0 Å². The molecule has 0 aliphatic heterocycles. The van der Waals surface area contributed by atoms with Gasteiger partial charge >= 0.3 is 0 Å². The molecule has 10 heteroatoms. The van der Waals surface area contributed by atoms with Crippen LogP contribution in [0.15, 0.2) is 60.8 Å². The fourth-order valence-electron chi connectivity index (χ4n) is 4.10. The molecule has 0 bridgehead atoms. The molecule has 0 unspecified atom stereocenters. The number of ketones is 1. The van der Waals surface area contributed by atoms with Crippen LogP contribution in [0.1, 0.15) is 16.7 Å². The molecule has 3 aromatic carbocycles. The third kappa shape index (κ3) is 7.57. The van der Waals surface area contributed by atoms with Crippen molar-refractivity contribution in [3.8, 4) is 40.4 Å². The third-order valence-electron chi connectivity index (χ3n) is 6.16. The van der Waals surface area contributed by atoms with E-state index in [1.54, 1.807) is 84.2 Å². The molecule has 0 radical (unpaired) electrons. The van der Waals surface area contributed by atoms with Crippen LogP contribution in [0, 0.1) is 6.92 Å². The molecule has 10 nitrogen and oxygen atoms in total. The van der Waals surface area contributed by atoms with E-state index in [0.717, 1.165) is 11.1 Å². The molecule has 4 aromatic rings. The van der Waals surface area contributed by atoms with Crippen LogP contribution >= 0.6 is 0 Å². The van der Waals surface area contributed by atoms with Crippen molar-refractivity contribution in [2.24, 2.45) is 0 Å². The van der Waals surface area contributed by atoms with E-state index in [1.807, 2.05) is 19.1 Å². The number of nitrogens with zero attached hydrogens (tertiary/aromatic N) is 2. The Labute approximate surface area is 239 Å². The number of anilines is 2. The van der Waals surface area contributed by atoms with Gasteiger partial charge in [0.05, 0.1) is 35.5 Å². The van der Waals surface area contributed by atoms with Crippen LogP contribution in [-0.4, -0.2) is 51.3 Å². The van der Waals surface area contributed by atoms with Crippen LogP contribution in [0.25, 0.3) is 0 Å². The van der Waals surface area contributed by atoms with Gasteiger partial charge in [-0.2, -0.15) is 4.98 Å². The van der Waals surface area contributed by atoms with Crippen LogP contribution in [0.3, 0.4) is 0 Å². The summed E-state index contributed by atoms with van der Waals surface area (Å²) in [7, 11) is 7.85. The first-order valence-corrected chi connectivity index (χ1v) is 12.8. The van der Waals surface area contributed by atoms with Gasteiger partial charge < -0.3 is 33.7 Å². The second-order valence-electron chi connectivity index (χ2n) is 9.12. The smallest absolute Gasteiger partial charge is 0.230 e. The summed E-state index contributed by atoms with van der Waals surface area (Å²) in [5, 5.41) is 3.16. The summed E-state index contributed by atoms with van der Waals surface area (Å²) < 4.78 is 33.1. The van der Waals surface area contributed by atoms with Gasteiger partial charge in [0.15, 0.2) is 11.5 Å². The normalized spacial score (nSPS) is 10.5. The number of Topliss-reactive ketones (excluding diaryl/α,β-unsaturated/α-hetero) is 1. The molecule has 0 aliphatic rings. The number of nitrogens with one attached hydrogen (secondary N) is 1. The second kappa shape index (κ2) is 13.4. The summed E-state index contributed by atoms with van der Waals surface area (Å²) in [6, 6.07) is 16.3. The Hall–Kier alpha value is -4.99. The Kier molecular flexibility index (Phi) is 9.47. The minimum atomic E-state index is -0.0668. The molecule has 0 spiro atoms. The highest BCUT2D eigenvalue weighted by atomic mass is 16.5. The Morgan fingerprint density at radius 1 is 0.732 bits per heavy atom. The van der Waals surface area contributed by atoms with Gasteiger partial charge in [0.25, 0.3) is 0 Å². The standard InChI is InChI=1S/C31H33N3O7/c1-19-7-8-28(29(9-19)40-6)41-30-21(13-23(35)10-20-11-24(36-2)16-25(12-20)37-3)18-32-31(34-30)33-22-14-26(38-4)17-27(15-22)39-5/h7-9,11-12,14-18H,10,13H2,1-6H3,(H,32,33,34). The minimum Gasteiger partial charge on any atom is -0.497 e. The van der Waals surface area contributed by atoms with Crippen LogP contribution < -0.4 is 33.7 Å². The summed E-state index contributed by atoms with van der Waals surface area (Å²) in [4.78, 5) is 22.3. The molecule has 0 saturated heterocycles. The van der Waals surface area contributed by atoms with Crippen molar-refractivity contribution in [2.45, 2.75) is 19.8 Å². The first kappa shape index (κ1) is 29.0. The summed E-state index contributed by atoms with van der Waals surface area (Å²) in [6.07, 6.45) is 1.77. The van der Waals surface area contributed by atoms with Gasteiger partial charge in [0.2, 0.25) is 11.8 Å². The number of carbonyl (C=O) groups excluding carboxylic acids is 1. The quantitative estimate of drug-likeness (QED) is 0.218. The van der Waals surface area contributed by atoms with Crippen LogP contribution in [0.5, 0.6) is 40.4 Å². The third-order valence-corrected chi connectivity index (χ3v) is 6.16. The largest absolute Gasteiger partial charge is 0.497 e. The van der Waals surface area contributed by atoms with E-state index in [9.17, 15) is 4.79 Å². The van der Waals surface area contributed by atoms with Gasteiger partial charge in [-0.05, 0) is 42.3 Å². The molecule has 0 amide bonds. The van der Waals surface area contributed by atoms with Gasteiger partial charge in [-0.3, -0.25) is 4.79 Å². The van der Waals surface area contributed by atoms with E-state index in [0.29, 0.717) is 45.7 Å². The van der Waals surface area contributed by atoms with Crippen molar-refractivity contribution >= 4 is 17.4 Å². The molecule has 214 valence electrons. The van der Waals surface area contributed by atoms with E-state index in [1.165, 1.54) is 0 Å². The van der Waals surface area contributed by atoms with Gasteiger partial charge in [-0.1, -0.05) is 6.07 Å². The first-order chi connectivity index (χ1) is 19.8. The number of methoxy groups -OCH3 is 5. The number of benzene rings is 3. The van der Waals surface area contributed by atoms with E-state index in [2.05, 4.69) is 15.3 Å². The lowest BCUT2D eigenvalue weighted by molar-refractivity contribution is -0.117. The molecule has 41 heavy (non-hydrogen) atoms. The molecule has 1 N–H and O–H groups in total. The fraction of sp³-hybridized carbons (Fsp3) is 0.258. The zero-order valence-electron chi connectivity index (χ0n) is 23.9. The van der Waals surface area contributed by atoms with Crippen molar-refractivity contribution in [2.75, 3.05) is 40.9 Å². The lowest BCUT2D eigenvalue weighted by atomic mass is 10.0. The summed E-state index contributed by atoms with van der Waals surface area (Å²) >= 11 is 0. The van der Waals surface area contributed by atoms with Gasteiger partial charge in [0.1, 0.15) is 28.8 Å². The van der Waals surface area contributed by atoms with Crippen molar-refractivity contribution < 1.29 is 33.2 Å². The molecule has 1 aromatic heterocycles. The monoisotopic (exact) mass is 559 g/mol. The fourth-order valence-corrected chi connectivity index (χ4v) is 4.10. The van der Waals surface area contributed by atoms with Crippen LogP contribution in [0.2, 0.25) is 0 Å². The van der Waals surface area contributed by atoms with Crippen molar-refractivity contribution in [1.82, 2.24) is 9.97 Å². The number of hydrogen-bond donors (Lipinski definition) is 1. The maximum Gasteiger partial charge on any atom is 0.230 e. The lowest BCUT2D eigenvalue weighted by Crippen LogP contribution is -2.10. The highest BCUT2D eigenvalue weighted by molar-refractivity contribution is 5.83. The molecule has 0 fully saturated rings. The second-order valence-corrected chi connectivity index (χ2v) is 9.12. The van der Waals surface area contributed by atoms with Gasteiger partial charge in [0, 0.05) is 54.6 Å². The topological polar surface area (TPSA) is 110 Å². The molecular formula is C31H33N3O7. The highest BCUT2D eigenvalue weighted by Gasteiger charge is 2.17. The number of aromatic nitrogens is 2. The Morgan fingerprint density at radius 3 is 1.93 bits per heavy atom. The maximum absolute atomic E-state index is 13.2. The Balaban J connectivity index is 1.65. The number of hydrogen-bond acceptors (Lipinski definition) is 10. The zero-order chi connectivity index (χ0) is 29.4. The number of carbonyl (C=O) groups is 1. The summed E-state index contributed by atoms with van der Waals surface area (Å²) in [5.74, 6) is 3.82. The number of aryl methyl sites for hydroxylation is 1. The van der Waals surface area contributed by atoms with Crippen molar-refractivity contribution in [1.29, 1.82) is 0 Å². The Bertz CT molecular complexity index is 1480. The zero-order valence-corrected chi connectivity index (χ0v) is 23.9. The van der Waals surface area contributed by atoms with Crippen molar-refractivity contribution in [3.63, 3.8) is 0 Å². The predicted molar refractivity (Wildman–Crippen MR) is 155 cm³/mol. The van der Waals surface area contributed by atoms with E-state index in [4.69, 9.17) is 28.4 Å². The predicted octanol–water partition coefficient (Wildman–Crippen LogP) is 5.72. The molecular weight excluding hydrogens is 526 g/mol. The van der Waals surface area contributed by atoms with E-state index in [-0.39, 0.29) is 30.5 Å². The average Bonchev–Trinajstić information content (AvgIpc) is 2.98. The first-order valence-electron chi connectivity index (χ1n) is 12.8. The molecule has 0 atom stereocenters. The molecule has 0 aliphatic carbocycles. The lowest BCUT2D eigenvalue weighted by Gasteiger charge is -2.15. The minimum absolute atomic E-state index is 0.0380. The summed E-state index contributed by atoms with van der Waals surface area (Å²) in [6.45, 7) is 1.96. The highest BCUT2D eigenvalue weighted by Crippen LogP contribution is 2.34. The van der Waals surface area contributed by atoms with Crippen LogP contribution in [0.4, 0.5) is 11.6 Å².